The second-order valence-corrected chi connectivity index (χ2v) is 8.92. The summed E-state index contributed by atoms with van der Waals surface area (Å²) in [5.74, 6) is 0.525. The summed E-state index contributed by atoms with van der Waals surface area (Å²) in [6.45, 7) is 1.55. The zero-order chi connectivity index (χ0) is 19.6. The molecule has 0 atom stereocenters. The molecule has 1 saturated carbocycles. The molecule has 2 heterocycles. The topological polar surface area (TPSA) is 104 Å². The summed E-state index contributed by atoms with van der Waals surface area (Å²) >= 11 is 0. The van der Waals surface area contributed by atoms with Gasteiger partial charge in [-0.3, -0.25) is 4.79 Å². The molecule has 1 aliphatic carbocycles. The van der Waals surface area contributed by atoms with E-state index in [9.17, 15) is 13.2 Å². The van der Waals surface area contributed by atoms with Gasteiger partial charge in [0.2, 0.25) is 16.0 Å². The first-order valence-electron chi connectivity index (χ1n) is 9.46. The highest BCUT2D eigenvalue weighted by molar-refractivity contribution is 7.89. The first-order chi connectivity index (χ1) is 13.5. The number of aromatic nitrogens is 2. The van der Waals surface area contributed by atoms with Crippen molar-refractivity contribution in [1.29, 1.82) is 0 Å². The fourth-order valence-electron chi connectivity index (χ4n) is 3.22. The zero-order valence-corrected chi connectivity index (χ0v) is 16.2. The molecular formula is C19H23N5O3S. The van der Waals surface area contributed by atoms with Crippen molar-refractivity contribution in [3.63, 3.8) is 0 Å². The third-order valence-corrected chi connectivity index (χ3v) is 6.53. The molecule has 2 aliphatic rings. The van der Waals surface area contributed by atoms with Gasteiger partial charge in [0.05, 0.1) is 4.90 Å². The molecule has 1 aromatic carbocycles. The van der Waals surface area contributed by atoms with Crippen LogP contribution in [0.4, 0.5) is 5.95 Å². The van der Waals surface area contributed by atoms with Crippen LogP contribution < -0.4 is 14.9 Å². The van der Waals surface area contributed by atoms with Gasteiger partial charge in [-0.1, -0.05) is 0 Å². The standard InChI is InChI=1S/C19H23N5O3S/c25-18(14-2-6-17(7-3-14)28(26,27)23-16-4-5-16)22-15-8-12-24(13-9-15)19-20-10-1-11-21-19/h1-3,6-7,10-11,15-16,23H,4-5,8-9,12-13H2,(H,22,25). The second-order valence-electron chi connectivity index (χ2n) is 7.20. The summed E-state index contributed by atoms with van der Waals surface area (Å²) in [4.78, 5) is 23.3. The molecule has 0 unspecified atom stereocenters. The average Bonchev–Trinajstić information content (AvgIpc) is 3.53. The van der Waals surface area contributed by atoms with Crippen molar-refractivity contribution in [3.05, 3.63) is 48.3 Å². The maximum atomic E-state index is 12.5. The summed E-state index contributed by atoms with van der Waals surface area (Å²) in [5, 5.41) is 3.04. The van der Waals surface area contributed by atoms with E-state index in [0.29, 0.717) is 11.5 Å². The number of sulfonamides is 1. The number of piperidine rings is 1. The second kappa shape index (κ2) is 7.84. The molecule has 0 bridgehead atoms. The molecule has 0 radical (unpaired) electrons. The maximum Gasteiger partial charge on any atom is 0.251 e. The van der Waals surface area contributed by atoms with Crippen molar-refractivity contribution >= 4 is 21.9 Å². The summed E-state index contributed by atoms with van der Waals surface area (Å²) in [7, 11) is -3.50. The van der Waals surface area contributed by atoms with Crippen molar-refractivity contribution in [2.45, 2.75) is 42.7 Å². The predicted molar refractivity (Wildman–Crippen MR) is 105 cm³/mol. The Hall–Kier alpha value is -2.52. The van der Waals surface area contributed by atoms with E-state index in [1.165, 1.54) is 12.1 Å². The molecule has 8 nitrogen and oxygen atoms in total. The Kier molecular flexibility index (Phi) is 5.27. The molecule has 2 N–H and O–H groups in total. The Bertz CT molecular complexity index is 922. The Morgan fingerprint density at radius 2 is 1.61 bits per heavy atom. The number of amides is 1. The first-order valence-corrected chi connectivity index (χ1v) is 10.9. The normalized spacial score (nSPS) is 18.1. The van der Waals surface area contributed by atoms with Crippen LogP contribution in [0, 0.1) is 0 Å². The van der Waals surface area contributed by atoms with Crippen molar-refractivity contribution in [1.82, 2.24) is 20.0 Å². The quantitative estimate of drug-likeness (QED) is 0.756. The molecule has 2 aromatic rings. The smallest absolute Gasteiger partial charge is 0.251 e. The van der Waals surface area contributed by atoms with Gasteiger partial charge < -0.3 is 10.2 Å². The van der Waals surface area contributed by atoms with E-state index in [-0.39, 0.29) is 22.9 Å². The van der Waals surface area contributed by atoms with Gasteiger partial charge >= 0.3 is 0 Å². The molecule has 9 heteroatoms. The molecular weight excluding hydrogens is 378 g/mol. The highest BCUT2D eigenvalue weighted by Crippen LogP contribution is 2.22. The minimum Gasteiger partial charge on any atom is -0.349 e. The number of carbonyl (C=O) groups is 1. The number of nitrogens with one attached hydrogen (secondary N) is 2. The van der Waals surface area contributed by atoms with Gasteiger partial charge in [0.1, 0.15) is 0 Å². The van der Waals surface area contributed by atoms with Crippen LogP contribution in [-0.4, -0.2) is 49.5 Å². The van der Waals surface area contributed by atoms with E-state index < -0.39 is 10.0 Å². The fourth-order valence-corrected chi connectivity index (χ4v) is 4.53. The minimum atomic E-state index is -3.50. The van der Waals surface area contributed by atoms with Crippen LogP contribution >= 0.6 is 0 Å². The summed E-state index contributed by atoms with van der Waals surface area (Å²) in [5.41, 5.74) is 0.458. The summed E-state index contributed by atoms with van der Waals surface area (Å²) in [6.07, 6.45) is 6.83. The molecule has 1 saturated heterocycles. The van der Waals surface area contributed by atoms with Gasteiger partial charge in [-0.25, -0.2) is 23.1 Å². The molecule has 28 heavy (non-hydrogen) atoms. The van der Waals surface area contributed by atoms with Gasteiger partial charge in [-0.05, 0) is 56.0 Å². The van der Waals surface area contributed by atoms with Gasteiger partial charge in [0, 0.05) is 43.1 Å². The number of benzene rings is 1. The lowest BCUT2D eigenvalue weighted by atomic mass is 10.0. The van der Waals surface area contributed by atoms with Crippen LogP contribution in [0.2, 0.25) is 0 Å². The van der Waals surface area contributed by atoms with Crippen LogP contribution in [0.15, 0.2) is 47.6 Å². The van der Waals surface area contributed by atoms with E-state index in [1.54, 1.807) is 30.6 Å². The lowest BCUT2D eigenvalue weighted by Gasteiger charge is -2.32. The Labute approximate surface area is 164 Å². The van der Waals surface area contributed by atoms with E-state index in [2.05, 4.69) is 24.9 Å². The van der Waals surface area contributed by atoms with Crippen molar-refractivity contribution in [3.8, 4) is 0 Å². The molecule has 1 aromatic heterocycles. The van der Waals surface area contributed by atoms with E-state index in [4.69, 9.17) is 0 Å². The number of hydrogen-bond acceptors (Lipinski definition) is 6. The molecule has 1 amide bonds. The van der Waals surface area contributed by atoms with Crippen LogP contribution in [-0.2, 0) is 10.0 Å². The predicted octanol–water partition coefficient (Wildman–Crippen LogP) is 1.32. The Morgan fingerprint density at radius 1 is 0.964 bits per heavy atom. The van der Waals surface area contributed by atoms with E-state index in [1.807, 2.05) is 0 Å². The lowest BCUT2D eigenvalue weighted by molar-refractivity contribution is 0.0931. The maximum absolute atomic E-state index is 12.5. The number of anilines is 1. The van der Waals surface area contributed by atoms with Crippen LogP contribution in [0.3, 0.4) is 0 Å². The van der Waals surface area contributed by atoms with Gasteiger partial charge in [-0.15, -0.1) is 0 Å². The molecule has 2 fully saturated rings. The number of rotatable bonds is 6. The largest absolute Gasteiger partial charge is 0.349 e. The van der Waals surface area contributed by atoms with Gasteiger partial charge in [-0.2, -0.15) is 0 Å². The third-order valence-electron chi connectivity index (χ3n) is 4.99. The van der Waals surface area contributed by atoms with Crippen LogP contribution in [0.1, 0.15) is 36.0 Å². The Balaban J connectivity index is 1.31. The minimum absolute atomic E-state index is 0.0557. The van der Waals surface area contributed by atoms with Gasteiger partial charge in [0.25, 0.3) is 5.91 Å². The monoisotopic (exact) mass is 401 g/mol. The van der Waals surface area contributed by atoms with Crippen LogP contribution in [0.5, 0.6) is 0 Å². The average molecular weight is 401 g/mol. The van der Waals surface area contributed by atoms with Crippen LogP contribution in [0.25, 0.3) is 0 Å². The SMILES string of the molecule is O=C(NC1CCN(c2ncccn2)CC1)c1ccc(S(=O)(=O)NC2CC2)cc1. The molecule has 1 aliphatic heterocycles. The number of nitrogens with zero attached hydrogens (tertiary/aromatic N) is 3. The van der Waals surface area contributed by atoms with Crippen molar-refractivity contribution in [2.24, 2.45) is 0 Å². The lowest BCUT2D eigenvalue weighted by Crippen LogP contribution is -2.45. The molecule has 0 spiro atoms. The number of carbonyl (C=O) groups excluding carboxylic acids is 1. The third kappa shape index (κ3) is 4.48. The van der Waals surface area contributed by atoms with E-state index in [0.717, 1.165) is 38.8 Å². The number of hydrogen-bond donors (Lipinski definition) is 2. The van der Waals surface area contributed by atoms with E-state index >= 15 is 0 Å². The zero-order valence-electron chi connectivity index (χ0n) is 15.4. The first kappa shape index (κ1) is 18.8. The summed E-state index contributed by atoms with van der Waals surface area (Å²) in [6, 6.07) is 8.00. The fraction of sp³-hybridized carbons (Fsp3) is 0.421. The highest BCUT2D eigenvalue weighted by Gasteiger charge is 2.28. The molecule has 148 valence electrons. The highest BCUT2D eigenvalue weighted by atomic mass is 32.2. The summed E-state index contributed by atoms with van der Waals surface area (Å²) < 4.78 is 27.0. The van der Waals surface area contributed by atoms with Gasteiger partial charge in [0.15, 0.2) is 0 Å². The Morgan fingerprint density at radius 3 is 2.21 bits per heavy atom. The molecule has 4 rings (SSSR count). The van der Waals surface area contributed by atoms with Crippen molar-refractivity contribution in [2.75, 3.05) is 18.0 Å². The van der Waals surface area contributed by atoms with Crippen molar-refractivity contribution < 1.29 is 13.2 Å².